The molecule has 1 aromatic carbocycles. The lowest BCUT2D eigenvalue weighted by atomic mass is 10.1. The third kappa shape index (κ3) is 2.80. The van der Waals surface area contributed by atoms with Crippen molar-refractivity contribution in [2.45, 2.75) is 6.17 Å². The van der Waals surface area contributed by atoms with Crippen LogP contribution in [0.5, 0.6) is 17.2 Å². The van der Waals surface area contributed by atoms with Gasteiger partial charge >= 0.3 is 0 Å². The summed E-state index contributed by atoms with van der Waals surface area (Å²) in [5, 5.41) is 0.476. The van der Waals surface area contributed by atoms with E-state index in [9.17, 15) is 0 Å². The summed E-state index contributed by atoms with van der Waals surface area (Å²) in [5.41, 5.74) is 12.6. The molecule has 1 aromatic rings. The molecule has 0 atom stereocenters. The molecule has 0 spiro atoms. The molecule has 7 nitrogen and oxygen atoms in total. The number of hydrazine groups is 2. The molecule has 19 heavy (non-hydrogen) atoms. The summed E-state index contributed by atoms with van der Waals surface area (Å²) in [6, 6.07) is 3.70. The van der Waals surface area contributed by atoms with Gasteiger partial charge in [0.25, 0.3) is 0 Å². The smallest absolute Gasteiger partial charge is 0.203 e. The van der Waals surface area contributed by atoms with E-state index in [0.29, 0.717) is 22.4 Å². The van der Waals surface area contributed by atoms with Gasteiger partial charge in [0.1, 0.15) is 6.17 Å². The molecule has 1 fully saturated rings. The van der Waals surface area contributed by atoms with E-state index in [1.165, 1.54) is 0 Å². The summed E-state index contributed by atoms with van der Waals surface area (Å²) >= 11 is 4.93. The van der Waals surface area contributed by atoms with E-state index in [0.717, 1.165) is 5.56 Å². The minimum Gasteiger partial charge on any atom is -0.493 e. The van der Waals surface area contributed by atoms with Crippen molar-refractivity contribution < 1.29 is 14.2 Å². The quantitative estimate of drug-likeness (QED) is 0.584. The van der Waals surface area contributed by atoms with E-state index in [1.807, 2.05) is 12.1 Å². The van der Waals surface area contributed by atoms with Gasteiger partial charge in [-0.3, -0.25) is 10.9 Å². The third-order valence-corrected chi connectivity index (χ3v) is 2.88. The van der Waals surface area contributed by atoms with E-state index in [4.69, 9.17) is 26.4 Å². The van der Waals surface area contributed by atoms with Gasteiger partial charge in [-0.25, -0.2) is 10.9 Å². The Morgan fingerprint density at radius 2 is 1.47 bits per heavy atom. The predicted molar refractivity (Wildman–Crippen MR) is 74.0 cm³/mol. The van der Waals surface area contributed by atoms with Gasteiger partial charge in [0.15, 0.2) is 16.6 Å². The van der Waals surface area contributed by atoms with Crippen LogP contribution in [0.15, 0.2) is 12.1 Å². The van der Waals surface area contributed by atoms with Crippen LogP contribution >= 0.6 is 12.2 Å². The zero-order chi connectivity index (χ0) is 13.8. The Morgan fingerprint density at radius 1 is 0.947 bits per heavy atom. The number of benzene rings is 1. The number of nitrogens with one attached hydrogen (secondary N) is 4. The van der Waals surface area contributed by atoms with Crippen molar-refractivity contribution in [2.75, 3.05) is 21.3 Å². The van der Waals surface area contributed by atoms with Gasteiger partial charge in [-0.2, -0.15) is 0 Å². The Hall–Kier alpha value is -1.77. The molecule has 0 saturated carbocycles. The molecule has 0 aliphatic carbocycles. The molecule has 1 heterocycles. The predicted octanol–water partition coefficient (Wildman–Crippen LogP) is 0.198. The zero-order valence-electron chi connectivity index (χ0n) is 10.9. The standard InChI is InChI=1S/C11H16N4O3S/c1-16-7-4-6(5-8(17-2)9(7)18-3)10-12-14-11(19)15-13-10/h4-5,10,12-13H,1-3H3,(H2,14,15,19). The molecule has 1 saturated heterocycles. The average Bonchev–Trinajstić information content (AvgIpc) is 2.46. The first-order valence-corrected chi connectivity index (χ1v) is 5.97. The van der Waals surface area contributed by atoms with E-state index in [2.05, 4.69) is 21.7 Å². The highest BCUT2D eigenvalue weighted by Crippen LogP contribution is 2.39. The summed E-state index contributed by atoms with van der Waals surface area (Å²) in [6.07, 6.45) is -0.194. The Kier molecular flexibility index (Phi) is 4.25. The topological polar surface area (TPSA) is 75.8 Å². The lowest BCUT2D eigenvalue weighted by molar-refractivity contribution is 0.318. The van der Waals surface area contributed by atoms with Crippen LogP contribution in [0.3, 0.4) is 0 Å². The third-order valence-electron chi connectivity index (χ3n) is 2.68. The largest absolute Gasteiger partial charge is 0.493 e. The van der Waals surface area contributed by atoms with E-state index < -0.39 is 0 Å². The maximum Gasteiger partial charge on any atom is 0.203 e. The first-order chi connectivity index (χ1) is 9.19. The van der Waals surface area contributed by atoms with Crippen LogP contribution in [-0.2, 0) is 0 Å². The van der Waals surface area contributed by atoms with Crippen LogP contribution in [-0.4, -0.2) is 26.4 Å². The van der Waals surface area contributed by atoms with Crippen molar-refractivity contribution in [3.8, 4) is 17.2 Å². The van der Waals surface area contributed by atoms with Crippen molar-refractivity contribution in [1.29, 1.82) is 0 Å². The van der Waals surface area contributed by atoms with Crippen LogP contribution in [0.4, 0.5) is 0 Å². The fraction of sp³-hybridized carbons (Fsp3) is 0.364. The number of hydrogen-bond donors (Lipinski definition) is 4. The van der Waals surface area contributed by atoms with E-state index in [-0.39, 0.29) is 6.17 Å². The average molecular weight is 284 g/mol. The molecule has 104 valence electrons. The maximum atomic E-state index is 5.30. The van der Waals surface area contributed by atoms with Crippen molar-refractivity contribution in [3.05, 3.63) is 17.7 Å². The molecule has 0 bridgehead atoms. The van der Waals surface area contributed by atoms with Gasteiger partial charge in [-0.05, 0) is 29.9 Å². The normalized spacial score (nSPS) is 15.4. The molecule has 0 amide bonds. The first kappa shape index (κ1) is 13.7. The summed E-state index contributed by atoms with van der Waals surface area (Å²) in [7, 11) is 4.72. The van der Waals surface area contributed by atoms with Gasteiger partial charge in [0.2, 0.25) is 5.75 Å². The number of ether oxygens (including phenoxy) is 3. The van der Waals surface area contributed by atoms with Crippen molar-refractivity contribution >= 4 is 17.3 Å². The number of rotatable bonds is 4. The highest BCUT2D eigenvalue weighted by molar-refractivity contribution is 7.80. The second-order valence-corrected chi connectivity index (χ2v) is 4.17. The molecule has 1 aliphatic rings. The number of methoxy groups -OCH3 is 3. The second-order valence-electron chi connectivity index (χ2n) is 3.76. The highest BCUT2D eigenvalue weighted by atomic mass is 32.1. The van der Waals surface area contributed by atoms with Gasteiger partial charge < -0.3 is 14.2 Å². The molecular weight excluding hydrogens is 268 g/mol. The van der Waals surface area contributed by atoms with Crippen LogP contribution in [0.1, 0.15) is 11.7 Å². The van der Waals surface area contributed by atoms with Crippen LogP contribution in [0.2, 0.25) is 0 Å². The minimum atomic E-state index is -0.194. The van der Waals surface area contributed by atoms with E-state index >= 15 is 0 Å². The zero-order valence-corrected chi connectivity index (χ0v) is 11.7. The molecule has 0 radical (unpaired) electrons. The molecular formula is C11H16N4O3S. The second kappa shape index (κ2) is 5.91. The molecule has 1 aliphatic heterocycles. The molecule has 2 rings (SSSR count). The van der Waals surface area contributed by atoms with Gasteiger partial charge in [-0.15, -0.1) is 0 Å². The maximum absolute atomic E-state index is 5.30. The Labute approximate surface area is 116 Å². The Balaban J connectivity index is 2.33. The highest BCUT2D eigenvalue weighted by Gasteiger charge is 2.20. The molecule has 0 unspecified atom stereocenters. The van der Waals surface area contributed by atoms with Crippen molar-refractivity contribution in [2.24, 2.45) is 0 Å². The SMILES string of the molecule is COc1cc(C2NNC(=S)NN2)cc(OC)c1OC. The fourth-order valence-corrected chi connectivity index (χ4v) is 1.90. The van der Waals surface area contributed by atoms with Crippen LogP contribution < -0.4 is 35.9 Å². The lowest BCUT2D eigenvalue weighted by Crippen LogP contribution is -2.61. The summed E-state index contributed by atoms with van der Waals surface area (Å²) < 4.78 is 15.9. The van der Waals surface area contributed by atoms with Crippen molar-refractivity contribution in [1.82, 2.24) is 21.7 Å². The minimum absolute atomic E-state index is 0.194. The van der Waals surface area contributed by atoms with Crippen LogP contribution in [0, 0.1) is 0 Å². The van der Waals surface area contributed by atoms with E-state index in [1.54, 1.807) is 21.3 Å². The monoisotopic (exact) mass is 284 g/mol. The summed E-state index contributed by atoms with van der Waals surface area (Å²) in [4.78, 5) is 0. The molecule has 4 N–H and O–H groups in total. The van der Waals surface area contributed by atoms with Crippen LogP contribution in [0.25, 0.3) is 0 Å². The summed E-state index contributed by atoms with van der Waals surface area (Å²) in [5.74, 6) is 1.74. The molecule has 0 aromatic heterocycles. The van der Waals surface area contributed by atoms with Gasteiger partial charge in [0, 0.05) is 0 Å². The van der Waals surface area contributed by atoms with Gasteiger partial charge in [0.05, 0.1) is 21.3 Å². The Morgan fingerprint density at radius 3 is 1.89 bits per heavy atom. The number of hydrogen-bond acceptors (Lipinski definition) is 6. The lowest BCUT2D eigenvalue weighted by Gasteiger charge is -2.29. The van der Waals surface area contributed by atoms with Crippen molar-refractivity contribution in [3.63, 3.8) is 0 Å². The summed E-state index contributed by atoms with van der Waals surface area (Å²) in [6.45, 7) is 0. The molecule has 8 heteroatoms. The Bertz CT molecular complexity index is 448. The first-order valence-electron chi connectivity index (χ1n) is 5.56. The number of thiocarbonyl (C=S) groups is 1. The van der Waals surface area contributed by atoms with Gasteiger partial charge in [-0.1, -0.05) is 0 Å². The fourth-order valence-electron chi connectivity index (χ4n) is 1.78.